The summed E-state index contributed by atoms with van der Waals surface area (Å²) in [7, 11) is 1.64. The standard InChI is InChI=1S/C24H31N3O4.ClH/c1-30-20-13-11-19(12-14-20)22(18-9-10-18)27-21(23(25)28)8-5-15-26-24(29)31-16-17-6-3-2-4-7-17;/h2-4,6-7,11-14,18,21-22,27H,5,8-10,15-16H2,1H3,(H2,25,28)(H,26,29);1H/t21-,22-;/m1./s1. The Kier molecular flexibility index (Phi) is 10.3. The summed E-state index contributed by atoms with van der Waals surface area (Å²) in [6.07, 6.45) is 2.93. The Morgan fingerprint density at radius 1 is 1.09 bits per heavy atom. The van der Waals surface area contributed by atoms with Gasteiger partial charge in [0.2, 0.25) is 5.91 Å². The first-order valence-electron chi connectivity index (χ1n) is 10.7. The zero-order chi connectivity index (χ0) is 22.1. The molecule has 32 heavy (non-hydrogen) atoms. The quantitative estimate of drug-likeness (QED) is 0.418. The summed E-state index contributed by atoms with van der Waals surface area (Å²) < 4.78 is 10.4. The number of carbonyl (C=O) groups is 2. The van der Waals surface area contributed by atoms with E-state index in [0.717, 1.165) is 29.7 Å². The third kappa shape index (κ3) is 8.05. The number of rotatable bonds is 12. The van der Waals surface area contributed by atoms with Crippen LogP contribution in [0.4, 0.5) is 4.79 Å². The van der Waals surface area contributed by atoms with Crippen LogP contribution in [0.25, 0.3) is 0 Å². The molecule has 174 valence electrons. The first-order valence-corrected chi connectivity index (χ1v) is 10.7. The second-order valence-electron chi connectivity index (χ2n) is 7.84. The molecule has 0 bridgehead atoms. The lowest BCUT2D eigenvalue weighted by atomic mass is 9.99. The van der Waals surface area contributed by atoms with Crippen LogP contribution < -0.4 is 21.1 Å². The van der Waals surface area contributed by atoms with Crippen LogP contribution in [0.3, 0.4) is 0 Å². The van der Waals surface area contributed by atoms with Crippen molar-refractivity contribution in [3.05, 3.63) is 65.7 Å². The number of nitrogens with two attached hydrogens (primary N) is 1. The summed E-state index contributed by atoms with van der Waals surface area (Å²) in [5, 5.41) is 6.17. The van der Waals surface area contributed by atoms with Crippen LogP contribution in [-0.4, -0.2) is 31.7 Å². The van der Waals surface area contributed by atoms with Gasteiger partial charge in [-0.2, -0.15) is 0 Å². The summed E-state index contributed by atoms with van der Waals surface area (Å²) in [4.78, 5) is 23.9. The predicted octanol–water partition coefficient (Wildman–Crippen LogP) is 3.72. The fraction of sp³-hybridized carbons (Fsp3) is 0.417. The van der Waals surface area contributed by atoms with Crippen molar-refractivity contribution in [3.63, 3.8) is 0 Å². The van der Waals surface area contributed by atoms with E-state index < -0.39 is 12.1 Å². The van der Waals surface area contributed by atoms with Crippen molar-refractivity contribution in [2.45, 2.75) is 44.4 Å². The van der Waals surface area contributed by atoms with E-state index in [0.29, 0.717) is 25.3 Å². The predicted molar refractivity (Wildman–Crippen MR) is 126 cm³/mol. The number of hydrogen-bond acceptors (Lipinski definition) is 5. The first-order chi connectivity index (χ1) is 15.1. The van der Waals surface area contributed by atoms with Gasteiger partial charge >= 0.3 is 6.09 Å². The van der Waals surface area contributed by atoms with Gasteiger partial charge < -0.3 is 20.5 Å². The van der Waals surface area contributed by atoms with Crippen LogP contribution in [0, 0.1) is 5.92 Å². The highest BCUT2D eigenvalue weighted by Crippen LogP contribution is 2.41. The lowest BCUT2D eigenvalue weighted by Gasteiger charge is -2.24. The SMILES string of the molecule is COc1ccc([C@H](N[C@H](CCCNC(=O)OCc2ccccc2)C(N)=O)C2CC2)cc1.Cl. The van der Waals surface area contributed by atoms with Crippen molar-refractivity contribution < 1.29 is 19.1 Å². The normalized spacial score (nSPS) is 14.5. The molecule has 0 aliphatic heterocycles. The molecule has 2 atom stereocenters. The molecule has 3 rings (SSSR count). The van der Waals surface area contributed by atoms with E-state index in [1.807, 2.05) is 54.6 Å². The molecule has 7 nitrogen and oxygen atoms in total. The van der Waals surface area contributed by atoms with E-state index >= 15 is 0 Å². The number of carbonyl (C=O) groups excluding carboxylic acids is 2. The highest BCUT2D eigenvalue weighted by Gasteiger charge is 2.34. The largest absolute Gasteiger partial charge is 0.497 e. The van der Waals surface area contributed by atoms with Crippen molar-refractivity contribution in [2.24, 2.45) is 11.7 Å². The minimum Gasteiger partial charge on any atom is -0.497 e. The summed E-state index contributed by atoms with van der Waals surface area (Å²) in [5.74, 6) is 0.919. The van der Waals surface area contributed by atoms with Gasteiger partial charge in [0.1, 0.15) is 12.4 Å². The van der Waals surface area contributed by atoms with Gasteiger partial charge in [-0.15, -0.1) is 12.4 Å². The highest BCUT2D eigenvalue weighted by atomic mass is 35.5. The fourth-order valence-corrected chi connectivity index (χ4v) is 3.54. The molecule has 0 unspecified atom stereocenters. The molecule has 0 aromatic heterocycles. The summed E-state index contributed by atoms with van der Waals surface area (Å²) in [6, 6.07) is 17.0. The third-order valence-corrected chi connectivity index (χ3v) is 5.44. The number of ether oxygens (including phenoxy) is 2. The maximum Gasteiger partial charge on any atom is 0.407 e. The minimum absolute atomic E-state index is 0. The topological polar surface area (TPSA) is 103 Å². The third-order valence-electron chi connectivity index (χ3n) is 5.44. The van der Waals surface area contributed by atoms with Crippen LogP contribution in [-0.2, 0) is 16.1 Å². The monoisotopic (exact) mass is 461 g/mol. The van der Waals surface area contributed by atoms with Crippen LogP contribution >= 0.6 is 12.4 Å². The van der Waals surface area contributed by atoms with Gasteiger partial charge in [0.25, 0.3) is 0 Å². The molecule has 1 aliphatic rings. The molecular formula is C24H32ClN3O4. The molecule has 2 amide bonds. The number of amides is 2. The second kappa shape index (κ2) is 12.9. The molecule has 8 heteroatoms. The molecule has 2 aromatic rings. The molecule has 0 saturated heterocycles. The zero-order valence-corrected chi connectivity index (χ0v) is 19.1. The smallest absolute Gasteiger partial charge is 0.407 e. The van der Waals surface area contributed by atoms with Crippen molar-refractivity contribution in [3.8, 4) is 5.75 Å². The molecule has 2 aromatic carbocycles. The van der Waals surface area contributed by atoms with Gasteiger partial charge in [-0.05, 0) is 54.9 Å². The van der Waals surface area contributed by atoms with E-state index in [9.17, 15) is 9.59 Å². The number of primary amides is 1. The first kappa shape index (κ1) is 25.5. The average molecular weight is 462 g/mol. The van der Waals surface area contributed by atoms with E-state index in [1.54, 1.807) is 7.11 Å². The highest BCUT2D eigenvalue weighted by molar-refractivity contribution is 5.85. The molecule has 0 spiro atoms. The second-order valence-corrected chi connectivity index (χ2v) is 7.84. The average Bonchev–Trinajstić information content (AvgIpc) is 3.63. The Balaban J connectivity index is 0.00000363. The van der Waals surface area contributed by atoms with E-state index in [1.165, 1.54) is 0 Å². The summed E-state index contributed by atoms with van der Waals surface area (Å²) in [6.45, 7) is 0.638. The molecule has 1 aliphatic carbocycles. The number of alkyl carbamates (subject to hydrolysis) is 1. The van der Waals surface area contributed by atoms with Crippen LogP contribution in [0.15, 0.2) is 54.6 Å². The van der Waals surface area contributed by atoms with E-state index in [2.05, 4.69) is 10.6 Å². The lowest BCUT2D eigenvalue weighted by molar-refractivity contribution is -0.120. The van der Waals surface area contributed by atoms with E-state index in [4.69, 9.17) is 15.2 Å². The van der Waals surface area contributed by atoms with Crippen molar-refractivity contribution in [1.82, 2.24) is 10.6 Å². The number of nitrogens with one attached hydrogen (secondary N) is 2. The Hall–Kier alpha value is -2.77. The molecular weight excluding hydrogens is 430 g/mol. The Labute approximate surface area is 195 Å². The van der Waals surface area contributed by atoms with Gasteiger partial charge in [-0.3, -0.25) is 10.1 Å². The van der Waals surface area contributed by atoms with Crippen LogP contribution in [0.5, 0.6) is 5.75 Å². The van der Waals surface area contributed by atoms with Gasteiger partial charge in [-0.1, -0.05) is 42.5 Å². The van der Waals surface area contributed by atoms with Gasteiger partial charge in [0.05, 0.1) is 13.2 Å². The van der Waals surface area contributed by atoms with E-state index in [-0.39, 0.29) is 31.0 Å². The molecule has 4 N–H and O–H groups in total. The Morgan fingerprint density at radius 3 is 2.38 bits per heavy atom. The number of benzene rings is 2. The molecule has 1 saturated carbocycles. The maximum absolute atomic E-state index is 12.0. The number of hydrogen-bond donors (Lipinski definition) is 3. The van der Waals surface area contributed by atoms with Crippen molar-refractivity contribution in [2.75, 3.05) is 13.7 Å². The fourth-order valence-electron chi connectivity index (χ4n) is 3.54. The molecule has 1 fully saturated rings. The Morgan fingerprint density at radius 2 is 1.78 bits per heavy atom. The lowest BCUT2D eigenvalue weighted by Crippen LogP contribution is -2.44. The molecule has 0 heterocycles. The summed E-state index contributed by atoms with van der Waals surface area (Å²) >= 11 is 0. The van der Waals surface area contributed by atoms with Gasteiger partial charge in [-0.25, -0.2) is 4.79 Å². The maximum atomic E-state index is 12.0. The zero-order valence-electron chi connectivity index (χ0n) is 18.3. The van der Waals surface area contributed by atoms with Crippen LogP contribution in [0.1, 0.15) is 42.9 Å². The van der Waals surface area contributed by atoms with Gasteiger partial charge in [0.15, 0.2) is 0 Å². The van der Waals surface area contributed by atoms with Crippen molar-refractivity contribution in [1.29, 1.82) is 0 Å². The number of halogens is 1. The summed E-state index contributed by atoms with van der Waals surface area (Å²) in [5.41, 5.74) is 7.70. The molecule has 0 radical (unpaired) electrons. The Bertz CT molecular complexity index is 844. The van der Waals surface area contributed by atoms with Gasteiger partial charge in [0, 0.05) is 12.6 Å². The minimum atomic E-state index is -0.471. The van der Waals surface area contributed by atoms with Crippen molar-refractivity contribution >= 4 is 24.4 Å². The number of methoxy groups -OCH3 is 1. The van der Waals surface area contributed by atoms with Crippen LogP contribution in [0.2, 0.25) is 0 Å².